The first kappa shape index (κ1) is 16.3. The molecule has 0 saturated carbocycles. The Labute approximate surface area is 157 Å². The van der Waals surface area contributed by atoms with Crippen LogP contribution in [0.3, 0.4) is 0 Å². The number of amides is 1. The summed E-state index contributed by atoms with van der Waals surface area (Å²) in [5.74, 6) is 0.0308. The second-order valence-corrected chi connectivity index (χ2v) is 7.25. The minimum Gasteiger partial charge on any atom is -0.365 e. The number of fused-ring (bicyclic) bond motifs is 3. The first-order valence-electron chi connectivity index (χ1n) is 9.38. The zero-order valence-corrected chi connectivity index (χ0v) is 15.0. The lowest BCUT2D eigenvalue weighted by Crippen LogP contribution is -2.44. The Bertz CT molecular complexity index is 1030. The maximum atomic E-state index is 12.6. The van der Waals surface area contributed by atoms with E-state index in [4.69, 9.17) is 4.74 Å². The van der Waals surface area contributed by atoms with Gasteiger partial charge < -0.3 is 9.64 Å². The molecule has 3 heterocycles. The van der Waals surface area contributed by atoms with E-state index in [0.717, 1.165) is 29.4 Å². The van der Waals surface area contributed by atoms with Crippen molar-refractivity contribution in [1.82, 2.24) is 15.1 Å². The molecule has 5 nitrogen and oxygen atoms in total. The van der Waals surface area contributed by atoms with Gasteiger partial charge in [-0.25, -0.2) is 0 Å². The van der Waals surface area contributed by atoms with Crippen molar-refractivity contribution < 1.29 is 9.53 Å². The summed E-state index contributed by atoms with van der Waals surface area (Å²) in [4.78, 5) is 14.5. The molecule has 5 rings (SSSR count). The minimum absolute atomic E-state index is 0.0308. The van der Waals surface area contributed by atoms with Gasteiger partial charge in [0.1, 0.15) is 0 Å². The number of aromatic amines is 1. The molecule has 1 saturated heterocycles. The third kappa shape index (κ3) is 2.75. The zero-order chi connectivity index (χ0) is 18.3. The van der Waals surface area contributed by atoms with Gasteiger partial charge in [0.05, 0.1) is 23.4 Å². The SMILES string of the molecule is O=C(/C=C/c1n[nH]c2ccccc12)N1CCC2(CC1)OCc1ccccc12. The molecule has 1 fully saturated rings. The molecule has 1 amide bonds. The molecule has 3 aromatic rings. The van der Waals surface area contributed by atoms with Crippen molar-refractivity contribution in [3.8, 4) is 0 Å². The van der Waals surface area contributed by atoms with Gasteiger partial charge in [0.25, 0.3) is 0 Å². The van der Waals surface area contributed by atoms with Gasteiger partial charge in [-0.05, 0) is 36.1 Å². The second kappa shape index (κ2) is 6.35. The molecule has 1 N–H and O–H groups in total. The maximum Gasteiger partial charge on any atom is 0.246 e. The number of carbonyl (C=O) groups excluding carboxylic acids is 1. The fourth-order valence-corrected chi connectivity index (χ4v) is 4.25. The Morgan fingerprint density at radius 1 is 1.11 bits per heavy atom. The largest absolute Gasteiger partial charge is 0.365 e. The molecule has 0 aliphatic carbocycles. The average molecular weight is 359 g/mol. The number of rotatable bonds is 2. The molecule has 136 valence electrons. The van der Waals surface area contributed by atoms with Crippen molar-refractivity contribution in [2.45, 2.75) is 25.0 Å². The molecule has 0 atom stereocenters. The number of aromatic nitrogens is 2. The molecular weight excluding hydrogens is 338 g/mol. The number of nitrogens with zero attached hydrogens (tertiary/aromatic N) is 2. The summed E-state index contributed by atoms with van der Waals surface area (Å²) < 4.78 is 6.18. The summed E-state index contributed by atoms with van der Waals surface area (Å²) in [6.07, 6.45) is 5.11. The summed E-state index contributed by atoms with van der Waals surface area (Å²) in [6, 6.07) is 16.4. The normalized spacial score (nSPS) is 18.4. The van der Waals surface area contributed by atoms with E-state index in [1.165, 1.54) is 11.1 Å². The molecule has 1 spiro atoms. The van der Waals surface area contributed by atoms with E-state index in [2.05, 4.69) is 34.5 Å². The van der Waals surface area contributed by atoms with E-state index in [-0.39, 0.29) is 11.5 Å². The molecule has 5 heteroatoms. The summed E-state index contributed by atoms with van der Waals surface area (Å²) in [7, 11) is 0. The van der Waals surface area contributed by atoms with Gasteiger partial charge >= 0.3 is 0 Å². The van der Waals surface area contributed by atoms with Gasteiger partial charge in [-0.15, -0.1) is 0 Å². The molecule has 1 aromatic heterocycles. The summed E-state index contributed by atoms with van der Waals surface area (Å²) in [5.41, 5.74) is 4.13. The van der Waals surface area contributed by atoms with Crippen LogP contribution in [0.4, 0.5) is 0 Å². The van der Waals surface area contributed by atoms with E-state index in [1.807, 2.05) is 29.2 Å². The summed E-state index contributed by atoms with van der Waals surface area (Å²) >= 11 is 0. The first-order chi connectivity index (χ1) is 13.3. The Morgan fingerprint density at radius 3 is 2.78 bits per heavy atom. The highest BCUT2D eigenvalue weighted by molar-refractivity contribution is 5.95. The molecule has 2 aliphatic heterocycles. The van der Waals surface area contributed by atoms with Crippen LogP contribution >= 0.6 is 0 Å². The molecular formula is C22H21N3O2. The number of nitrogens with one attached hydrogen (secondary N) is 1. The van der Waals surface area contributed by atoms with Gasteiger partial charge in [-0.3, -0.25) is 9.89 Å². The van der Waals surface area contributed by atoms with Gasteiger partial charge in [-0.2, -0.15) is 5.10 Å². The van der Waals surface area contributed by atoms with E-state index in [9.17, 15) is 4.79 Å². The highest BCUT2D eigenvalue weighted by Gasteiger charge is 2.42. The lowest BCUT2D eigenvalue weighted by molar-refractivity contribution is -0.133. The molecule has 0 bridgehead atoms. The van der Waals surface area contributed by atoms with E-state index < -0.39 is 0 Å². The van der Waals surface area contributed by atoms with Crippen LogP contribution in [0.25, 0.3) is 17.0 Å². The van der Waals surface area contributed by atoms with Crippen LogP contribution in [-0.2, 0) is 21.7 Å². The quantitative estimate of drug-likeness (QED) is 0.711. The Kier molecular flexibility index (Phi) is 3.83. The van der Waals surface area contributed by atoms with Crippen molar-refractivity contribution in [1.29, 1.82) is 0 Å². The predicted molar refractivity (Wildman–Crippen MR) is 104 cm³/mol. The Morgan fingerprint density at radius 2 is 1.89 bits per heavy atom. The molecule has 0 radical (unpaired) electrons. The van der Waals surface area contributed by atoms with Gasteiger partial charge in [-0.1, -0.05) is 42.5 Å². The third-order valence-corrected chi connectivity index (χ3v) is 5.78. The number of piperidine rings is 1. The molecule has 2 aliphatic rings. The number of likely N-dealkylation sites (tertiary alicyclic amines) is 1. The van der Waals surface area contributed by atoms with Crippen molar-refractivity contribution in [3.63, 3.8) is 0 Å². The topological polar surface area (TPSA) is 58.2 Å². The Hall–Kier alpha value is -2.92. The highest BCUT2D eigenvalue weighted by atomic mass is 16.5. The molecule has 27 heavy (non-hydrogen) atoms. The van der Waals surface area contributed by atoms with Crippen molar-refractivity contribution in [2.75, 3.05) is 13.1 Å². The fraction of sp³-hybridized carbons (Fsp3) is 0.273. The van der Waals surface area contributed by atoms with Crippen molar-refractivity contribution >= 4 is 22.9 Å². The second-order valence-electron chi connectivity index (χ2n) is 7.25. The van der Waals surface area contributed by atoms with E-state index in [0.29, 0.717) is 19.7 Å². The Balaban J connectivity index is 1.28. The summed E-state index contributed by atoms with van der Waals surface area (Å²) in [5, 5.41) is 8.31. The number of carbonyl (C=O) groups is 1. The number of hydrogen-bond donors (Lipinski definition) is 1. The fourth-order valence-electron chi connectivity index (χ4n) is 4.25. The van der Waals surface area contributed by atoms with Crippen LogP contribution < -0.4 is 0 Å². The van der Waals surface area contributed by atoms with Crippen LogP contribution in [0.15, 0.2) is 54.6 Å². The summed E-state index contributed by atoms with van der Waals surface area (Å²) in [6.45, 7) is 2.09. The average Bonchev–Trinajstić information content (AvgIpc) is 3.29. The lowest BCUT2D eigenvalue weighted by Gasteiger charge is -2.39. The number of ether oxygens (including phenoxy) is 1. The minimum atomic E-state index is -0.213. The maximum absolute atomic E-state index is 12.6. The number of hydrogen-bond acceptors (Lipinski definition) is 3. The highest BCUT2D eigenvalue weighted by Crippen LogP contribution is 2.43. The van der Waals surface area contributed by atoms with Crippen LogP contribution in [0.2, 0.25) is 0 Å². The number of benzene rings is 2. The van der Waals surface area contributed by atoms with Gasteiger partial charge in [0, 0.05) is 24.6 Å². The van der Waals surface area contributed by atoms with Crippen molar-refractivity contribution in [2.24, 2.45) is 0 Å². The van der Waals surface area contributed by atoms with Crippen LogP contribution in [-0.4, -0.2) is 34.1 Å². The standard InChI is InChI=1S/C22H21N3O2/c26-21(10-9-20-17-6-2-4-8-19(17)23-24-20)25-13-11-22(12-14-25)18-7-3-1-5-16(18)15-27-22/h1-10H,11-15H2,(H,23,24)/b10-9+. The predicted octanol–water partition coefficient (Wildman–Crippen LogP) is 3.62. The molecule has 0 unspecified atom stereocenters. The van der Waals surface area contributed by atoms with Crippen molar-refractivity contribution in [3.05, 3.63) is 71.4 Å². The third-order valence-electron chi connectivity index (χ3n) is 5.78. The first-order valence-corrected chi connectivity index (χ1v) is 9.38. The smallest absolute Gasteiger partial charge is 0.246 e. The van der Waals surface area contributed by atoms with Crippen LogP contribution in [0, 0.1) is 0 Å². The van der Waals surface area contributed by atoms with E-state index in [1.54, 1.807) is 12.2 Å². The van der Waals surface area contributed by atoms with E-state index >= 15 is 0 Å². The van der Waals surface area contributed by atoms with Crippen LogP contribution in [0.1, 0.15) is 29.7 Å². The molecule has 2 aromatic carbocycles. The van der Waals surface area contributed by atoms with Gasteiger partial charge in [0.15, 0.2) is 0 Å². The zero-order valence-electron chi connectivity index (χ0n) is 15.0. The monoisotopic (exact) mass is 359 g/mol. The number of H-pyrrole nitrogens is 1. The number of para-hydroxylation sites is 1. The van der Waals surface area contributed by atoms with Gasteiger partial charge in [0.2, 0.25) is 5.91 Å². The lowest BCUT2D eigenvalue weighted by atomic mass is 9.84. The van der Waals surface area contributed by atoms with Crippen LogP contribution in [0.5, 0.6) is 0 Å².